The van der Waals surface area contributed by atoms with Crippen LogP contribution in [0.3, 0.4) is 0 Å². The molecule has 0 spiro atoms. The van der Waals surface area contributed by atoms with E-state index in [1.54, 1.807) is 23.1 Å². The van der Waals surface area contributed by atoms with E-state index < -0.39 is 0 Å². The standard InChI is InChI=1S/C22H19Cl2N3O2S/c23-16-6-7-17(18(24)11-16)19-13-30-22(25-19)26-21(29)15-10-20(28)27(12-15)9-8-14-4-2-1-3-5-14/h1-7,11,13,15H,8-10,12H2,(H,25,26,29)/t15-/m1/s1. The molecule has 2 heterocycles. The van der Waals surface area contributed by atoms with E-state index in [-0.39, 0.29) is 24.2 Å². The van der Waals surface area contributed by atoms with Crippen LogP contribution in [0.1, 0.15) is 12.0 Å². The lowest BCUT2D eigenvalue weighted by Crippen LogP contribution is -2.30. The Hall–Kier alpha value is -2.41. The van der Waals surface area contributed by atoms with Crippen molar-refractivity contribution in [2.45, 2.75) is 12.8 Å². The maximum atomic E-state index is 12.7. The first kappa shape index (κ1) is 20.8. The molecule has 1 saturated heterocycles. The molecule has 2 amide bonds. The summed E-state index contributed by atoms with van der Waals surface area (Å²) in [4.78, 5) is 31.2. The number of thiazole rings is 1. The van der Waals surface area contributed by atoms with Gasteiger partial charge in [-0.1, -0.05) is 53.5 Å². The van der Waals surface area contributed by atoms with Gasteiger partial charge < -0.3 is 10.2 Å². The SMILES string of the molecule is O=C(Nc1nc(-c2ccc(Cl)cc2Cl)cs1)[C@@H]1CC(=O)N(CCc2ccccc2)C1. The van der Waals surface area contributed by atoms with Gasteiger partial charge in [-0.25, -0.2) is 4.98 Å². The number of carbonyl (C=O) groups is 2. The number of halogens is 2. The average molecular weight is 460 g/mol. The van der Waals surface area contributed by atoms with Crippen molar-refractivity contribution in [2.24, 2.45) is 5.92 Å². The summed E-state index contributed by atoms with van der Waals surface area (Å²) in [7, 11) is 0. The summed E-state index contributed by atoms with van der Waals surface area (Å²) in [6.45, 7) is 1.04. The van der Waals surface area contributed by atoms with E-state index in [0.717, 1.165) is 12.0 Å². The molecule has 0 aliphatic carbocycles. The molecule has 1 fully saturated rings. The third kappa shape index (κ3) is 4.83. The topological polar surface area (TPSA) is 62.3 Å². The smallest absolute Gasteiger partial charge is 0.231 e. The molecule has 1 aromatic heterocycles. The number of carbonyl (C=O) groups excluding carboxylic acids is 2. The van der Waals surface area contributed by atoms with Crippen LogP contribution in [0.25, 0.3) is 11.3 Å². The Morgan fingerprint density at radius 3 is 2.77 bits per heavy atom. The fourth-order valence-corrected chi connectivity index (χ4v) is 4.65. The van der Waals surface area contributed by atoms with Crippen LogP contribution in [0.2, 0.25) is 10.0 Å². The fourth-order valence-electron chi connectivity index (χ4n) is 3.43. The number of hydrogen-bond donors (Lipinski definition) is 1. The number of anilines is 1. The number of rotatable bonds is 6. The van der Waals surface area contributed by atoms with Crippen LogP contribution in [-0.4, -0.2) is 34.8 Å². The van der Waals surface area contributed by atoms with Gasteiger partial charge in [-0.15, -0.1) is 11.3 Å². The van der Waals surface area contributed by atoms with Crippen LogP contribution in [0.15, 0.2) is 53.9 Å². The number of benzene rings is 2. The second-order valence-corrected chi connectivity index (χ2v) is 8.83. The molecule has 0 bridgehead atoms. The van der Waals surface area contributed by atoms with Crippen molar-refractivity contribution >= 4 is 51.5 Å². The van der Waals surface area contributed by atoms with Crippen molar-refractivity contribution in [1.29, 1.82) is 0 Å². The van der Waals surface area contributed by atoms with Crippen LogP contribution >= 0.6 is 34.5 Å². The monoisotopic (exact) mass is 459 g/mol. The molecular formula is C22H19Cl2N3O2S. The van der Waals surface area contributed by atoms with E-state index in [1.165, 1.54) is 16.9 Å². The first-order valence-corrected chi connectivity index (χ1v) is 11.2. The van der Waals surface area contributed by atoms with Gasteiger partial charge in [0.15, 0.2) is 5.13 Å². The summed E-state index contributed by atoms with van der Waals surface area (Å²) in [6, 6.07) is 15.2. The molecule has 30 heavy (non-hydrogen) atoms. The van der Waals surface area contributed by atoms with Crippen molar-refractivity contribution in [3.8, 4) is 11.3 Å². The van der Waals surface area contributed by atoms with Crippen molar-refractivity contribution in [3.05, 3.63) is 69.5 Å². The average Bonchev–Trinajstić information content (AvgIpc) is 3.34. The number of nitrogens with zero attached hydrogens (tertiary/aromatic N) is 2. The number of nitrogens with one attached hydrogen (secondary N) is 1. The quantitative estimate of drug-likeness (QED) is 0.554. The van der Waals surface area contributed by atoms with Gasteiger partial charge in [0.05, 0.1) is 16.6 Å². The van der Waals surface area contributed by atoms with E-state index in [9.17, 15) is 9.59 Å². The highest BCUT2D eigenvalue weighted by Gasteiger charge is 2.34. The molecular weight excluding hydrogens is 441 g/mol. The van der Waals surface area contributed by atoms with E-state index >= 15 is 0 Å². The molecule has 5 nitrogen and oxygen atoms in total. The van der Waals surface area contributed by atoms with Gasteiger partial charge in [0.2, 0.25) is 11.8 Å². The molecule has 1 aliphatic heterocycles. The summed E-state index contributed by atoms with van der Waals surface area (Å²) in [6.07, 6.45) is 1.00. The molecule has 1 aliphatic rings. The fraction of sp³-hybridized carbons (Fsp3) is 0.227. The zero-order valence-corrected chi connectivity index (χ0v) is 18.3. The van der Waals surface area contributed by atoms with Gasteiger partial charge in [-0.2, -0.15) is 0 Å². The highest BCUT2D eigenvalue weighted by atomic mass is 35.5. The Balaban J connectivity index is 1.35. The first-order valence-electron chi connectivity index (χ1n) is 9.53. The highest BCUT2D eigenvalue weighted by Crippen LogP contribution is 2.32. The summed E-state index contributed by atoms with van der Waals surface area (Å²) in [5, 5.41) is 6.21. The molecule has 1 N–H and O–H groups in total. The molecule has 4 rings (SSSR count). The number of amides is 2. The van der Waals surface area contributed by atoms with Crippen molar-refractivity contribution in [1.82, 2.24) is 9.88 Å². The summed E-state index contributed by atoms with van der Waals surface area (Å²) < 4.78 is 0. The molecule has 0 saturated carbocycles. The minimum absolute atomic E-state index is 0.0128. The Morgan fingerprint density at radius 2 is 2.00 bits per heavy atom. The molecule has 0 radical (unpaired) electrons. The lowest BCUT2D eigenvalue weighted by molar-refractivity contribution is -0.128. The predicted octanol–water partition coefficient (Wildman–Crippen LogP) is 5.15. The third-order valence-corrected chi connectivity index (χ3v) is 6.35. The zero-order chi connectivity index (χ0) is 21.1. The lowest BCUT2D eigenvalue weighted by atomic mass is 10.1. The first-order chi connectivity index (χ1) is 14.5. The van der Waals surface area contributed by atoms with Gasteiger partial charge in [-0.05, 0) is 30.2 Å². The summed E-state index contributed by atoms with van der Waals surface area (Å²) >= 11 is 13.5. The third-order valence-electron chi connectivity index (χ3n) is 5.04. The Kier molecular flexibility index (Phi) is 6.37. The maximum absolute atomic E-state index is 12.7. The van der Waals surface area contributed by atoms with E-state index in [1.807, 2.05) is 35.7 Å². The second-order valence-electron chi connectivity index (χ2n) is 7.13. The van der Waals surface area contributed by atoms with Gasteiger partial charge >= 0.3 is 0 Å². The Labute approximate surface area is 188 Å². The molecule has 154 valence electrons. The van der Waals surface area contributed by atoms with Crippen LogP contribution < -0.4 is 5.32 Å². The van der Waals surface area contributed by atoms with Crippen molar-refractivity contribution in [2.75, 3.05) is 18.4 Å². The largest absolute Gasteiger partial charge is 0.342 e. The summed E-state index contributed by atoms with van der Waals surface area (Å²) in [5.41, 5.74) is 2.60. The van der Waals surface area contributed by atoms with Crippen LogP contribution in [-0.2, 0) is 16.0 Å². The van der Waals surface area contributed by atoms with E-state index in [0.29, 0.717) is 34.0 Å². The van der Waals surface area contributed by atoms with Crippen molar-refractivity contribution < 1.29 is 9.59 Å². The lowest BCUT2D eigenvalue weighted by Gasteiger charge is -2.16. The number of aromatic nitrogens is 1. The molecule has 1 atom stereocenters. The molecule has 2 aromatic carbocycles. The minimum atomic E-state index is -0.375. The van der Waals surface area contributed by atoms with Gasteiger partial charge in [-0.3, -0.25) is 9.59 Å². The van der Waals surface area contributed by atoms with E-state index in [2.05, 4.69) is 10.3 Å². The van der Waals surface area contributed by atoms with E-state index in [4.69, 9.17) is 23.2 Å². The van der Waals surface area contributed by atoms with Gasteiger partial charge in [0.1, 0.15) is 0 Å². The normalized spacial score (nSPS) is 16.1. The molecule has 0 unspecified atom stereocenters. The van der Waals surface area contributed by atoms with Crippen LogP contribution in [0, 0.1) is 5.92 Å². The van der Waals surface area contributed by atoms with Gasteiger partial charge in [0.25, 0.3) is 0 Å². The van der Waals surface area contributed by atoms with Crippen LogP contribution in [0.4, 0.5) is 5.13 Å². The Morgan fingerprint density at radius 1 is 1.20 bits per heavy atom. The highest BCUT2D eigenvalue weighted by molar-refractivity contribution is 7.14. The minimum Gasteiger partial charge on any atom is -0.342 e. The second kappa shape index (κ2) is 9.16. The summed E-state index contributed by atoms with van der Waals surface area (Å²) in [5.74, 6) is -0.549. The van der Waals surface area contributed by atoms with Gasteiger partial charge in [0, 0.05) is 35.5 Å². The van der Waals surface area contributed by atoms with Crippen molar-refractivity contribution in [3.63, 3.8) is 0 Å². The predicted molar refractivity (Wildman–Crippen MR) is 121 cm³/mol. The maximum Gasteiger partial charge on any atom is 0.231 e. The van der Waals surface area contributed by atoms with Crippen LogP contribution in [0.5, 0.6) is 0 Å². The Bertz CT molecular complexity index is 1070. The molecule has 3 aromatic rings. The molecule has 8 heteroatoms. The zero-order valence-electron chi connectivity index (χ0n) is 16.0. The number of likely N-dealkylation sites (tertiary alicyclic amines) is 1. The number of hydrogen-bond acceptors (Lipinski definition) is 4.